The molecule has 3 aromatic heterocycles. The topological polar surface area (TPSA) is 65.1 Å². The number of benzene rings is 1. The van der Waals surface area contributed by atoms with Gasteiger partial charge in [0.05, 0.1) is 27.3 Å². The molecular weight excluding hydrogens is 381 g/mol. The number of thioether (sulfide) groups is 1. The van der Waals surface area contributed by atoms with E-state index in [2.05, 4.69) is 15.0 Å². The molecular formula is C16H11Cl2N5OS. The normalized spacial score (nSPS) is 11.5. The number of hydrogen-bond acceptors (Lipinski definition) is 5. The van der Waals surface area contributed by atoms with Gasteiger partial charge in [-0.1, -0.05) is 41.0 Å². The highest BCUT2D eigenvalue weighted by molar-refractivity contribution is 7.98. The van der Waals surface area contributed by atoms with Crippen molar-refractivity contribution in [3.05, 3.63) is 56.7 Å². The Hall–Kier alpha value is -2.09. The van der Waals surface area contributed by atoms with Crippen molar-refractivity contribution in [1.29, 1.82) is 0 Å². The maximum absolute atomic E-state index is 13.2. The monoisotopic (exact) mass is 391 g/mol. The van der Waals surface area contributed by atoms with Crippen LogP contribution in [0.5, 0.6) is 0 Å². The molecule has 0 aliphatic carbocycles. The molecule has 0 aliphatic rings. The predicted molar refractivity (Wildman–Crippen MR) is 100 cm³/mol. The van der Waals surface area contributed by atoms with E-state index in [1.165, 1.54) is 22.6 Å². The van der Waals surface area contributed by atoms with Crippen LogP contribution in [0, 0.1) is 6.92 Å². The van der Waals surface area contributed by atoms with Gasteiger partial charge in [-0.25, -0.2) is 24.1 Å². The molecule has 6 nitrogen and oxygen atoms in total. The van der Waals surface area contributed by atoms with E-state index in [9.17, 15) is 4.79 Å². The first-order valence-electron chi connectivity index (χ1n) is 7.27. The van der Waals surface area contributed by atoms with Crippen LogP contribution in [0.4, 0.5) is 0 Å². The van der Waals surface area contributed by atoms with Gasteiger partial charge >= 0.3 is 0 Å². The van der Waals surface area contributed by atoms with Crippen molar-refractivity contribution in [3.8, 4) is 5.69 Å². The quantitative estimate of drug-likeness (QED) is 0.384. The van der Waals surface area contributed by atoms with E-state index in [0.717, 1.165) is 5.69 Å². The Kier molecular flexibility index (Phi) is 3.94. The Balaban J connectivity index is 2.25. The second-order valence-electron chi connectivity index (χ2n) is 5.36. The molecule has 0 unspecified atom stereocenters. The minimum absolute atomic E-state index is 0.317. The molecule has 25 heavy (non-hydrogen) atoms. The number of fused-ring (bicyclic) bond motifs is 3. The Morgan fingerprint density at radius 2 is 1.88 bits per heavy atom. The summed E-state index contributed by atoms with van der Waals surface area (Å²) >= 11 is 14.1. The standard InChI is InChI=1S/C16H11Cl2N5OS/c1-8-7-22-14(20-8)12-9(6-19-16(21-12)25-2)15(24)23(22)13-10(17)4-3-5-11(13)18/h3-7H,1-2H3. The van der Waals surface area contributed by atoms with Crippen LogP contribution in [0.15, 0.2) is 40.5 Å². The average Bonchev–Trinajstić information content (AvgIpc) is 2.98. The molecule has 3 heterocycles. The lowest BCUT2D eigenvalue weighted by Gasteiger charge is -2.14. The minimum atomic E-state index is -0.317. The van der Waals surface area contributed by atoms with Crippen LogP contribution < -0.4 is 5.56 Å². The Labute approximate surface area is 156 Å². The minimum Gasteiger partial charge on any atom is -0.267 e. The second kappa shape index (κ2) is 6.01. The van der Waals surface area contributed by atoms with Gasteiger partial charge < -0.3 is 0 Å². The molecule has 0 spiro atoms. The fourth-order valence-corrected chi connectivity index (χ4v) is 3.60. The molecule has 126 valence electrons. The number of halogens is 2. The molecule has 0 bridgehead atoms. The van der Waals surface area contributed by atoms with Gasteiger partial charge in [0.1, 0.15) is 11.2 Å². The number of nitrogens with zero attached hydrogens (tertiary/aromatic N) is 5. The van der Waals surface area contributed by atoms with Crippen molar-refractivity contribution < 1.29 is 0 Å². The molecule has 0 fully saturated rings. The number of aryl methyl sites for hydroxylation is 1. The van der Waals surface area contributed by atoms with Crippen LogP contribution in [0.3, 0.4) is 0 Å². The third-order valence-electron chi connectivity index (χ3n) is 3.76. The number of para-hydroxylation sites is 1. The van der Waals surface area contributed by atoms with E-state index >= 15 is 0 Å². The van der Waals surface area contributed by atoms with Crippen molar-refractivity contribution in [2.75, 3.05) is 6.26 Å². The molecule has 0 N–H and O–H groups in total. The maximum Gasteiger partial charge on any atom is 0.281 e. The zero-order chi connectivity index (χ0) is 17.7. The van der Waals surface area contributed by atoms with Crippen molar-refractivity contribution in [3.63, 3.8) is 0 Å². The smallest absolute Gasteiger partial charge is 0.267 e. The third-order valence-corrected chi connectivity index (χ3v) is 4.93. The summed E-state index contributed by atoms with van der Waals surface area (Å²) < 4.78 is 3.04. The number of imidazole rings is 1. The summed E-state index contributed by atoms with van der Waals surface area (Å²) in [6, 6.07) is 5.09. The zero-order valence-electron chi connectivity index (χ0n) is 13.2. The van der Waals surface area contributed by atoms with Crippen LogP contribution >= 0.6 is 35.0 Å². The fraction of sp³-hybridized carbons (Fsp3) is 0.125. The van der Waals surface area contributed by atoms with Gasteiger partial charge in [-0.05, 0) is 25.3 Å². The number of aromatic nitrogens is 5. The molecule has 0 amide bonds. The van der Waals surface area contributed by atoms with E-state index < -0.39 is 0 Å². The van der Waals surface area contributed by atoms with Crippen LogP contribution in [0.25, 0.3) is 22.2 Å². The van der Waals surface area contributed by atoms with E-state index in [-0.39, 0.29) is 5.56 Å². The molecule has 1 aromatic carbocycles. The van der Waals surface area contributed by atoms with Crippen LogP contribution in [0.1, 0.15) is 5.69 Å². The van der Waals surface area contributed by atoms with Crippen LogP contribution in [-0.4, -0.2) is 30.4 Å². The highest BCUT2D eigenvalue weighted by Crippen LogP contribution is 2.28. The molecule has 9 heteroatoms. The average molecular weight is 392 g/mol. The maximum atomic E-state index is 13.2. The fourth-order valence-electron chi connectivity index (χ4n) is 2.70. The largest absolute Gasteiger partial charge is 0.281 e. The number of rotatable bonds is 2. The molecule has 0 radical (unpaired) electrons. The predicted octanol–water partition coefficient (Wildman–Crippen LogP) is 3.77. The Morgan fingerprint density at radius 1 is 1.16 bits per heavy atom. The lowest BCUT2D eigenvalue weighted by molar-refractivity contribution is 0.754. The highest BCUT2D eigenvalue weighted by atomic mass is 35.5. The molecule has 0 aliphatic heterocycles. The second-order valence-corrected chi connectivity index (χ2v) is 6.94. The summed E-state index contributed by atoms with van der Waals surface area (Å²) in [5.41, 5.74) is 1.86. The summed E-state index contributed by atoms with van der Waals surface area (Å²) in [5.74, 6) is 0. The Bertz CT molecular complexity index is 1180. The van der Waals surface area contributed by atoms with Crippen molar-refractivity contribution in [2.45, 2.75) is 12.1 Å². The molecule has 0 atom stereocenters. The zero-order valence-corrected chi connectivity index (χ0v) is 15.5. The SMILES string of the molecule is CSc1ncc2c(=O)n(-c3c(Cl)cccc3Cl)n3cc(C)nc3c2n1. The summed E-state index contributed by atoms with van der Waals surface area (Å²) in [4.78, 5) is 26.4. The van der Waals surface area contributed by atoms with Gasteiger partial charge in [0, 0.05) is 6.20 Å². The van der Waals surface area contributed by atoms with Gasteiger partial charge in [-0.3, -0.25) is 4.79 Å². The lowest BCUT2D eigenvalue weighted by Crippen LogP contribution is -2.25. The van der Waals surface area contributed by atoms with Gasteiger partial charge in [0.25, 0.3) is 5.56 Å². The lowest BCUT2D eigenvalue weighted by atomic mass is 10.3. The Morgan fingerprint density at radius 3 is 2.56 bits per heavy atom. The van der Waals surface area contributed by atoms with E-state index in [0.29, 0.717) is 37.4 Å². The first kappa shape index (κ1) is 16.4. The van der Waals surface area contributed by atoms with Gasteiger partial charge in [-0.2, -0.15) is 0 Å². The van der Waals surface area contributed by atoms with Crippen LogP contribution in [-0.2, 0) is 0 Å². The van der Waals surface area contributed by atoms with Gasteiger partial charge in [-0.15, -0.1) is 0 Å². The van der Waals surface area contributed by atoms with Gasteiger partial charge in [0.15, 0.2) is 10.8 Å². The van der Waals surface area contributed by atoms with Crippen LogP contribution in [0.2, 0.25) is 10.0 Å². The summed E-state index contributed by atoms with van der Waals surface area (Å²) in [5, 5.41) is 1.65. The van der Waals surface area contributed by atoms with E-state index in [4.69, 9.17) is 23.2 Å². The molecule has 4 rings (SSSR count). The first-order chi connectivity index (χ1) is 12.0. The highest BCUT2D eigenvalue weighted by Gasteiger charge is 2.19. The third kappa shape index (κ3) is 2.50. The van der Waals surface area contributed by atoms with E-state index in [1.54, 1.807) is 28.9 Å². The molecule has 4 aromatic rings. The van der Waals surface area contributed by atoms with Gasteiger partial charge in [0.2, 0.25) is 0 Å². The van der Waals surface area contributed by atoms with E-state index in [1.807, 2.05) is 13.2 Å². The van der Waals surface area contributed by atoms with Crippen molar-refractivity contribution in [1.82, 2.24) is 24.1 Å². The first-order valence-corrected chi connectivity index (χ1v) is 9.25. The molecule has 0 saturated heterocycles. The summed E-state index contributed by atoms with van der Waals surface area (Å²) in [6.45, 7) is 1.85. The summed E-state index contributed by atoms with van der Waals surface area (Å²) in [6.07, 6.45) is 5.14. The molecule has 0 saturated carbocycles. The number of hydrogen-bond donors (Lipinski definition) is 0. The van der Waals surface area contributed by atoms with Crippen molar-refractivity contribution in [2.24, 2.45) is 0 Å². The summed E-state index contributed by atoms with van der Waals surface area (Å²) in [7, 11) is 0. The van der Waals surface area contributed by atoms with Crippen molar-refractivity contribution >= 4 is 51.5 Å².